The van der Waals surface area contributed by atoms with E-state index in [4.69, 9.17) is 13.6 Å². The number of rotatable bonds is 2. The average Bonchev–Trinajstić information content (AvgIpc) is 3.21. The van der Waals surface area contributed by atoms with Gasteiger partial charge in [-0.25, -0.2) is 4.79 Å². The molecule has 4 nitrogen and oxygen atoms in total. The molecule has 4 rings (SSSR count). The fourth-order valence-corrected chi connectivity index (χ4v) is 3.50. The van der Waals surface area contributed by atoms with Crippen molar-refractivity contribution in [1.29, 1.82) is 0 Å². The predicted octanol–water partition coefficient (Wildman–Crippen LogP) is 5.42. The van der Waals surface area contributed by atoms with Crippen LogP contribution in [0.15, 0.2) is 39.4 Å². The van der Waals surface area contributed by atoms with Gasteiger partial charge in [0.1, 0.15) is 17.1 Å². The van der Waals surface area contributed by atoms with Gasteiger partial charge in [0.15, 0.2) is 0 Å². The maximum absolute atomic E-state index is 12.4. The second-order valence-corrected chi connectivity index (χ2v) is 7.67. The van der Waals surface area contributed by atoms with Gasteiger partial charge in [0.2, 0.25) is 5.76 Å². The number of fused-ring (bicyclic) bond motifs is 3. The van der Waals surface area contributed by atoms with Gasteiger partial charge >= 0.3 is 5.97 Å². The highest BCUT2D eigenvalue weighted by atomic mass is 16.5. The highest BCUT2D eigenvalue weighted by molar-refractivity contribution is 5.90. The molecule has 0 N–H and O–H groups in total. The number of benzene rings is 1. The Hall–Kier alpha value is -2.49. The lowest BCUT2D eigenvalue weighted by Crippen LogP contribution is -2.16. The Morgan fingerprint density at radius 3 is 2.68 bits per heavy atom. The number of furan rings is 2. The van der Waals surface area contributed by atoms with Crippen LogP contribution in [0.1, 0.15) is 61.1 Å². The summed E-state index contributed by atoms with van der Waals surface area (Å²) in [7, 11) is 0. The van der Waals surface area contributed by atoms with E-state index >= 15 is 0 Å². The van der Waals surface area contributed by atoms with E-state index in [2.05, 4.69) is 20.8 Å². The third-order valence-electron chi connectivity index (χ3n) is 4.79. The molecule has 0 bridgehead atoms. The molecule has 1 aromatic carbocycles. The van der Waals surface area contributed by atoms with Crippen molar-refractivity contribution in [2.45, 2.75) is 51.9 Å². The molecular formula is C21H22O4. The molecule has 0 unspecified atom stereocenters. The standard InChI is InChI=1S/C21H22O4/c1-21(2,3)15-12-18-14(13-7-4-5-8-16(13)24-18)11-19(15)25-20(22)17-9-6-10-23-17/h6,9-12H,4-5,7-8H2,1-3H3. The van der Waals surface area contributed by atoms with Crippen molar-refractivity contribution in [2.75, 3.05) is 0 Å². The highest BCUT2D eigenvalue weighted by Crippen LogP contribution is 2.40. The van der Waals surface area contributed by atoms with Crippen molar-refractivity contribution in [1.82, 2.24) is 0 Å². The number of ether oxygens (including phenoxy) is 1. The average molecular weight is 338 g/mol. The van der Waals surface area contributed by atoms with Crippen LogP contribution in [-0.4, -0.2) is 5.97 Å². The molecule has 0 aliphatic heterocycles. The van der Waals surface area contributed by atoms with Gasteiger partial charge in [-0.3, -0.25) is 0 Å². The summed E-state index contributed by atoms with van der Waals surface area (Å²) in [5.74, 6) is 1.38. The van der Waals surface area contributed by atoms with Gasteiger partial charge in [-0.05, 0) is 48.9 Å². The Morgan fingerprint density at radius 2 is 1.96 bits per heavy atom. The Kier molecular flexibility index (Phi) is 3.71. The summed E-state index contributed by atoms with van der Waals surface area (Å²) in [6.07, 6.45) is 5.81. The lowest BCUT2D eigenvalue weighted by molar-refractivity contribution is 0.0698. The van der Waals surface area contributed by atoms with Crippen LogP contribution in [0, 0.1) is 0 Å². The largest absolute Gasteiger partial charge is 0.461 e. The van der Waals surface area contributed by atoms with Gasteiger partial charge in [-0.15, -0.1) is 0 Å². The molecule has 1 aliphatic rings. The first-order chi connectivity index (χ1) is 11.9. The van der Waals surface area contributed by atoms with Crippen molar-refractivity contribution < 1.29 is 18.4 Å². The Bertz CT molecular complexity index is 923. The summed E-state index contributed by atoms with van der Waals surface area (Å²) >= 11 is 0. The van der Waals surface area contributed by atoms with Crippen molar-refractivity contribution in [3.63, 3.8) is 0 Å². The van der Waals surface area contributed by atoms with Gasteiger partial charge in [-0.1, -0.05) is 20.8 Å². The fraction of sp³-hybridized carbons (Fsp3) is 0.381. The molecule has 130 valence electrons. The van der Waals surface area contributed by atoms with Crippen LogP contribution in [0.3, 0.4) is 0 Å². The molecule has 0 saturated heterocycles. The van der Waals surface area contributed by atoms with Crippen molar-refractivity contribution in [2.24, 2.45) is 0 Å². The summed E-state index contributed by atoms with van der Waals surface area (Å²) in [5.41, 5.74) is 2.91. The predicted molar refractivity (Wildman–Crippen MR) is 95.2 cm³/mol. The van der Waals surface area contributed by atoms with E-state index in [0.717, 1.165) is 35.1 Å². The van der Waals surface area contributed by atoms with E-state index < -0.39 is 5.97 Å². The first kappa shape index (κ1) is 16.0. The molecule has 0 spiro atoms. The van der Waals surface area contributed by atoms with Crippen LogP contribution in [0.25, 0.3) is 11.0 Å². The number of hydrogen-bond donors (Lipinski definition) is 0. The zero-order valence-corrected chi connectivity index (χ0v) is 14.8. The second kappa shape index (κ2) is 5.80. The molecule has 2 heterocycles. The van der Waals surface area contributed by atoms with E-state index in [1.54, 1.807) is 12.1 Å². The van der Waals surface area contributed by atoms with Crippen LogP contribution in [0.4, 0.5) is 0 Å². The topological polar surface area (TPSA) is 52.6 Å². The second-order valence-electron chi connectivity index (χ2n) is 7.67. The number of hydrogen-bond acceptors (Lipinski definition) is 4. The SMILES string of the molecule is CC(C)(C)c1cc2oc3c(c2cc1OC(=O)c1ccco1)CCCC3. The summed E-state index contributed by atoms with van der Waals surface area (Å²) in [4.78, 5) is 12.4. The van der Waals surface area contributed by atoms with E-state index in [-0.39, 0.29) is 11.2 Å². The van der Waals surface area contributed by atoms with Crippen LogP contribution >= 0.6 is 0 Å². The van der Waals surface area contributed by atoms with E-state index in [1.807, 2.05) is 12.1 Å². The number of esters is 1. The van der Waals surface area contributed by atoms with Crippen LogP contribution in [0.2, 0.25) is 0 Å². The number of aryl methyl sites for hydroxylation is 2. The summed E-state index contributed by atoms with van der Waals surface area (Å²) in [5, 5.41) is 1.06. The molecule has 0 amide bonds. The minimum Gasteiger partial charge on any atom is -0.461 e. The van der Waals surface area contributed by atoms with Gasteiger partial charge < -0.3 is 13.6 Å². The molecule has 0 fully saturated rings. The lowest BCUT2D eigenvalue weighted by atomic mass is 9.85. The van der Waals surface area contributed by atoms with Gasteiger partial charge in [0.05, 0.1) is 6.26 Å². The quantitative estimate of drug-likeness (QED) is 0.462. The summed E-state index contributed by atoms with van der Waals surface area (Å²) < 4.78 is 17.0. The van der Waals surface area contributed by atoms with Crippen molar-refractivity contribution in [3.8, 4) is 5.75 Å². The molecule has 2 aromatic heterocycles. The van der Waals surface area contributed by atoms with E-state index in [1.165, 1.54) is 24.7 Å². The Morgan fingerprint density at radius 1 is 1.16 bits per heavy atom. The van der Waals surface area contributed by atoms with Crippen LogP contribution < -0.4 is 4.74 Å². The fourth-order valence-electron chi connectivity index (χ4n) is 3.50. The molecule has 0 atom stereocenters. The Balaban J connectivity index is 1.83. The van der Waals surface area contributed by atoms with Crippen molar-refractivity contribution in [3.05, 3.63) is 53.2 Å². The van der Waals surface area contributed by atoms with Gasteiger partial charge in [0.25, 0.3) is 0 Å². The molecule has 0 saturated carbocycles. The lowest BCUT2D eigenvalue weighted by Gasteiger charge is -2.22. The zero-order chi connectivity index (χ0) is 17.6. The van der Waals surface area contributed by atoms with Crippen LogP contribution in [-0.2, 0) is 18.3 Å². The summed E-state index contributed by atoms with van der Waals surface area (Å²) in [6, 6.07) is 7.27. The van der Waals surface area contributed by atoms with Gasteiger partial charge in [-0.2, -0.15) is 0 Å². The third-order valence-corrected chi connectivity index (χ3v) is 4.79. The minimum absolute atomic E-state index is 0.180. The number of carbonyl (C=O) groups is 1. The van der Waals surface area contributed by atoms with Crippen molar-refractivity contribution >= 4 is 16.9 Å². The normalized spacial score (nSPS) is 14.5. The molecule has 4 heteroatoms. The van der Waals surface area contributed by atoms with E-state index in [9.17, 15) is 4.79 Å². The summed E-state index contributed by atoms with van der Waals surface area (Å²) in [6.45, 7) is 6.30. The number of carbonyl (C=O) groups excluding carboxylic acids is 1. The maximum Gasteiger partial charge on any atom is 0.379 e. The maximum atomic E-state index is 12.4. The smallest absolute Gasteiger partial charge is 0.379 e. The molecular weight excluding hydrogens is 316 g/mol. The molecule has 3 aromatic rings. The molecule has 0 radical (unpaired) electrons. The minimum atomic E-state index is -0.479. The van der Waals surface area contributed by atoms with Gasteiger partial charge in [0, 0.05) is 22.9 Å². The molecule has 1 aliphatic carbocycles. The Labute approximate surface area is 146 Å². The molecule has 25 heavy (non-hydrogen) atoms. The first-order valence-corrected chi connectivity index (χ1v) is 8.78. The zero-order valence-electron chi connectivity index (χ0n) is 14.8. The monoisotopic (exact) mass is 338 g/mol. The highest BCUT2D eigenvalue weighted by Gasteiger charge is 2.26. The van der Waals surface area contributed by atoms with Crippen LogP contribution in [0.5, 0.6) is 5.75 Å². The first-order valence-electron chi connectivity index (χ1n) is 8.78. The van der Waals surface area contributed by atoms with E-state index in [0.29, 0.717) is 5.75 Å². The third kappa shape index (κ3) is 2.86.